The van der Waals surface area contributed by atoms with Crippen LogP contribution in [0, 0.1) is 5.92 Å². The van der Waals surface area contributed by atoms with Crippen LogP contribution >= 0.6 is 0 Å². The van der Waals surface area contributed by atoms with Gasteiger partial charge in [-0.15, -0.1) is 0 Å². The number of hydrogen-bond donors (Lipinski definition) is 1. The van der Waals surface area contributed by atoms with Crippen LogP contribution < -0.4 is 5.32 Å². The van der Waals surface area contributed by atoms with Gasteiger partial charge in [0, 0.05) is 24.6 Å². The molecule has 0 bridgehead atoms. The first-order valence-electron chi connectivity index (χ1n) is 7.80. The molecule has 0 saturated carbocycles. The number of nitrogens with one attached hydrogen (secondary N) is 1. The summed E-state index contributed by atoms with van der Waals surface area (Å²) in [7, 11) is 0. The van der Waals surface area contributed by atoms with Gasteiger partial charge in [0.2, 0.25) is 0 Å². The van der Waals surface area contributed by atoms with Crippen LogP contribution in [0.2, 0.25) is 0 Å². The predicted molar refractivity (Wildman–Crippen MR) is 82.9 cm³/mol. The zero-order chi connectivity index (χ0) is 14.7. The molecule has 21 heavy (non-hydrogen) atoms. The Bertz CT molecular complexity index is 584. The highest BCUT2D eigenvalue weighted by atomic mass is 15.3. The van der Waals surface area contributed by atoms with Crippen molar-refractivity contribution in [2.45, 2.75) is 39.2 Å². The van der Waals surface area contributed by atoms with Gasteiger partial charge in [0.25, 0.3) is 0 Å². The minimum absolute atomic E-state index is 0.323. The van der Waals surface area contributed by atoms with E-state index in [4.69, 9.17) is 0 Å². The normalized spacial score (nSPS) is 16.5. The number of piperidine rings is 1. The third-order valence-electron chi connectivity index (χ3n) is 4.12. The molecule has 112 valence electrons. The molecular formula is C16H23N5. The first-order chi connectivity index (χ1) is 10.3. The Hall–Kier alpha value is -1.75. The highest BCUT2D eigenvalue weighted by molar-refractivity contribution is 5.57. The molecule has 0 aliphatic carbocycles. The Kier molecular flexibility index (Phi) is 4.29. The summed E-state index contributed by atoms with van der Waals surface area (Å²) in [6.07, 6.45) is 8.88. The van der Waals surface area contributed by atoms with Gasteiger partial charge in [-0.1, -0.05) is 0 Å². The minimum Gasteiger partial charge on any atom is -0.317 e. The maximum atomic E-state index is 4.61. The first kappa shape index (κ1) is 14.2. The van der Waals surface area contributed by atoms with Gasteiger partial charge in [-0.2, -0.15) is 5.10 Å². The van der Waals surface area contributed by atoms with E-state index < -0.39 is 0 Å². The Morgan fingerprint density at radius 3 is 2.71 bits per heavy atom. The molecule has 0 aromatic carbocycles. The Morgan fingerprint density at radius 2 is 1.95 bits per heavy atom. The molecule has 3 heterocycles. The van der Waals surface area contributed by atoms with Crippen molar-refractivity contribution in [2.24, 2.45) is 5.92 Å². The fraction of sp³-hybridized carbons (Fsp3) is 0.562. The second-order valence-corrected chi connectivity index (χ2v) is 6.00. The molecule has 5 heteroatoms. The van der Waals surface area contributed by atoms with Crippen LogP contribution in [-0.2, 0) is 6.42 Å². The van der Waals surface area contributed by atoms with Gasteiger partial charge in [0.1, 0.15) is 5.69 Å². The van der Waals surface area contributed by atoms with E-state index in [1.807, 2.05) is 16.9 Å². The molecule has 3 rings (SSSR count). The van der Waals surface area contributed by atoms with E-state index in [1.165, 1.54) is 12.8 Å². The van der Waals surface area contributed by atoms with Gasteiger partial charge >= 0.3 is 0 Å². The summed E-state index contributed by atoms with van der Waals surface area (Å²) in [5.41, 5.74) is 3.16. The van der Waals surface area contributed by atoms with E-state index in [0.717, 1.165) is 36.6 Å². The third kappa shape index (κ3) is 3.13. The quantitative estimate of drug-likeness (QED) is 0.937. The van der Waals surface area contributed by atoms with E-state index in [2.05, 4.69) is 34.2 Å². The lowest BCUT2D eigenvalue weighted by molar-refractivity contribution is 0.370. The van der Waals surface area contributed by atoms with Crippen molar-refractivity contribution in [3.8, 4) is 11.4 Å². The van der Waals surface area contributed by atoms with E-state index >= 15 is 0 Å². The van der Waals surface area contributed by atoms with Crippen LogP contribution in [0.4, 0.5) is 0 Å². The van der Waals surface area contributed by atoms with Crippen LogP contribution in [0.3, 0.4) is 0 Å². The molecule has 0 spiro atoms. The monoisotopic (exact) mass is 285 g/mol. The molecule has 5 nitrogen and oxygen atoms in total. The largest absolute Gasteiger partial charge is 0.317 e. The SMILES string of the molecule is CC(C)n1nccc1-c1nccnc1CC1CCNCC1. The summed E-state index contributed by atoms with van der Waals surface area (Å²) in [5, 5.41) is 7.84. The van der Waals surface area contributed by atoms with Gasteiger partial charge in [-0.3, -0.25) is 14.6 Å². The molecule has 1 aliphatic rings. The Morgan fingerprint density at radius 1 is 1.19 bits per heavy atom. The van der Waals surface area contributed by atoms with E-state index in [-0.39, 0.29) is 0 Å². The zero-order valence-electron chi connectivity index (χ0n) is 12.8. The van der Waals surface area contributed by atoms with Gasteiger partial charge in [-0.05, 0) is 58.2 Å². The molecule has 1 saturated heterocycles. The maximum absolute atomic E-state index is 4.61. The lowest BCUT2D eigenvalue weighted by Gasteiger charge is -2.23. The third-order valence-corrected chi connectivity index (χ3v) is 4.12. The molecule has 0 unspecified atom stereocenters. The summed E-state index contributed by atoms with van der Waals surface area (Å²) in [4.78, 5) is 9.20. The highest BCUT2D eigenvalue weighted by Gasteiger charge is 2.19. The summed E-state index contributed by atoms with van der Waals surface area (Å²) < 4.78 is 2.02. The second kappa shape index (κ2) is 6.35. The molecule has 1 fully saturated rings. The lowest BCUT2D eigenvalue weighted by atomic mass is 9.92. The standard InChI is InChI=1S/C16H23N5/c1-12(2)21-15(5-8-20-21)16-14(18-9-10-19-16)11-13-3-6-17-7-4-13/h5,8-10,12-13,17H,3-4,6-7,11H2,1-2H3. The van der Waals surface area contributed by atoms with Crippen molar-refractivity contribution in [2.75, 3.05) is 13.1 Å². The first-order valence-corrected chi connectivity index (χ1v) is 7.80. The van der Waals surface area contributed by atoms with Crippen LogP contribution in [0.1, 0.15) is 38.4 Å². The van der Waals surface area contributed by atoms with Crippen molar-refractivity contribution in [1.29, 1.82) is 0 Å². The van der Waals surface area contributed by atoms with Crippen molar-refractivity contribution < 1.29 is 0 Å². The van der Waals surface area contributed by atoms with Crippen LogP contribution in [-0.4, -0.2) is 32.8 Å². The zero-order valence-corrected chi connectivity index (χ0v) is 12.8. The van der Waals surface area contributed by atoms with Crippen molar-refractivity contribution in [3.05, 3.63) is 30.4 Å². The number of aromatic nitrogens is 4. The molecule has 2 aromatic heterocycles. The summed E-state index contributed by atoms with van der Waals surface area (Å²) in [6, 6.07) is 2.36. The molecule has 2 aromatic rings. The van der Waals surface area contributed by atoms with E-state index in [0.29, 0.717) is 12.0 Å². The second-order valence-electron chi connectivity index (χ2n) is 6.00. The average molecular weight is 285 g/mol. The van der Waals surface area contributed by atoms with Gasteiger partial charge in [0.15, 0.2) is 0 Å². The summed E-state index contributed by atoms with van der Waals surface area (Å²) in [6.45, 7) is 6.51. The molecule has 1 aliphatic heterocycles. The van der Waals surface area contributed by atoms with Crippen LogP contribution in [0.25, 0.3) is 11.4 Å². The molecule has 0 amide bonds. The highest BCUT2D eigenvalue weighted by Crippen LogP contribution is 2.26. The molecular weight excluding hydrogens is 262 g/mol. The molecule has 1 N–H and O–H groups in total. The van der Waals surface area contributed by atoms with Gasteiger partial charge < -0.3 is 5.32 Å². The topological polar surface area (TPSA) is 55.6 Å². The minimum atomic E-state index is 0.323. The van der Waals surface area contributed by atoms with E-state index in [1.54, 1.807) is 12.4 Å². The predicted octanol–water partition coefficient (Wildman–Crippen LogP) is 2.46. The molecule has 0 radical (unpaired) electrons. The number of nitrogens with zero attached hydrogens (tertiary/aromatic N) is 4. The Balaban J connectivity index is 1.90. The van der Waals surface area contributed by atoms with Crippen LogP contribution in [0.5, 0.6) is 0 Å². The fourth-order valence-electron chi connectivity index (χ4n) is 3.00. The van der Waals surface area contributed by atoms with Crippen molar-refractivity contribution >= 4 is 0 Å². The number of rotatable bonds is 4. The smallest absolute Gasteiger partial charge is 0.110 e. The fourth-order valence-corrected chi connectivity index (χ4v) is 3.00. The Labute approximate surface area is 125 Å². The maximum Gasteiger partial charge on any atom is 0.110 e. The average Bonchev–Trinajstić information content (AvgIpc) is 2.98. The lowest BCUT2D eigenvalue weighted by Crippen LogP contribution is -2.29. The summed E-state index contributed by atoms with van der Waals surface area (Å²) in [5.74, 6) is 0.706. The van der Waals surface area contributed by atoms with Crippen LogP contribution in [0.15, 0.2) is 24.7 Å². The van der Waals surface area contributed by atoms with Gasteiger partial charge in [-0.25, -0.2) is 0 Å². The number of hydrogen-bond acceptors (Lipinski definition) is 4. The van der Waals surface area contributed by atoms with Crippen molar-refractivity contribution in [3.63, 3.8) is 0 Å². The van der Waals surface area contributed by atoms with Crippen molar-refractivity contribution in [1.82, 2.24) is 25.1 Å². The van der Waals surface area contributed by atoms with E-state index in [9.17, 15) is 0 Å². The van der Waals surface area contributed by atoms with Gasteiger partial charge in [0.05, 0.1) is 11.4 Å². The molecule has 0 atom stereocenters. The summed E-state index contributed by atoms with van der Waals surface area (Å²) >= 11 is 0.